The van der Waals surface area contributed by atoms with Gasteiger partial charge < -0.3 is 65.0 Å². The molecule has 14 nitrogen and oxygen atoms in total. The number of hydrogen-bond acceptors (Lipinski definition) is 14. The minimum Gasteiger partial charge on any atom is -0.508 e. The largest absolute Gasteiger partial charge is 0.508 e. The molecule has 0 bridgehead atoms. The fourth-order valence-electron chi connectivity index (χ4n) is 5.41. The Morgan fingerprint density at radius 1 is 0.805 bits per heavy atom. The van der Waals surface area contributed by atoms with E-state index in [0.717, 1.165) is 12.1 Å². The molecule has 0 unspecified atom stereocenters. The van der Waals surface area contributed by atoms with Gasteiger partial charge in [-0.2, -0.15) is 0 Å². The zero-order valence-electron chi connectivity index (χ0n) is 21.3. The van der Waals surface area contributed by atoms with Gasteiger partial charge in [0, 0.05) is 29.2 Å². The Balaban J connectivity index is 1.56. The van der Waals surface area contributed by atoms with Gasteiger partial charge in [-0.1, -0.05) is 0 Å². The van der Waals surface area contributed by atoms with Crippen molar-refractivity contribution in [2.24, 2.45) is 0 Å². The van der Waals surface area contributed by atoms with Gasteiger partial charge in [-0.3, -0.25) is 4.79 Å². The van der Waals surface area contributed by atoms with Gasteiger partial charge in [-0.25, -0.2) is 0 Å². The summed E-state index contributed by atoms with van der Waals surface area (Å²) in [5, 5.41) is 103. The van der Waals surface area contributed by atoms with E-state index in [9.17, 15) is 55.9 Å². The molecule has 0 spiro atoms. The maximum atomic E-state index is 13.0. The minimum absolute atomic E-state index is 0.00579. The zero-order chi connectivity index (χ0) is 29.7. The summed E-state index contributed by atoms with van der Waals surface area (Å²) in [6.07, 6.45) is -15.5. The van der Waals surface area contributed by atoms with Crippen LogP contribution in [0.4, 0.5) is 0 Å². The summed E-state index contributed by atoms with van der Waals surface area (Å²) < 4.78 is 16.9. The van der Waals surface area contributed by atoms with Crippen molar-refractivity contribution in [2.45, 2.75) is 67.5 Å². The third kappa shape index (κ3) is 5.14. The molecule has 1 aliphatic carbocycles. The van der Waals surface area contributed by atoms with Crippen LogP contribution in [0.25, 0.3) is 22.3 Å². The summed E-state index contributed by atoms with van der Waals surface area (Å²) in [6.45, 7) is -0.738. The molecule has 1 aromatic heterocycles. The van der Waals surface area contributed by atoms with E-state index in [1.54, 1.807) is 0 Å². The molecule has 1 saturated carbocycles. The highest BCUT2D eigenvalue weighted by molar-refractivity contribution is 5.89. The monoisotopic (exact) mass is 578 g/mol. The first-order valence-corrected chi connectivity index (χ1v) is 12.7. The van der Waals surface area contributed by atoms with Gasteiger partial charge in [0.25, 0.3) is 0 Å². The average molecular weight is 579 g/mol. The van der Waals surface area contributed by atoms with E-state index in [1.807, 2.05) is 0 Å². The van der Waals surface area contributed by atoms with Crippen LogP contribution < -0.4 is 5.43 Å². The highest BCUT2D eigenvalue weighted by Gasteiger charge is 2.50. The highest BCUT2D eigenvalue weighted by Crippen LogP contribution is 2.45. The van der Waals surface area contributed by atoms with Crippen LogP contribution in [0, 0.1) is 0 Å². The summed E-state index contributed by atoms with van der Waals surface area (Å²) in [5.74, 6) is -2.57. The lowest BCUT2D eigenvalue weighted by atomic mass is 9.76. The molecule has 5 rings (SSSR count). The first-order valence-electron chi connectivity index (χ1n) is 12.7. The SMILES string of the molecule is O=c1cc(-c2ccc(O)cc2)oc2c([C@H]3C[C@H](O[C@H]4O[C@H](CO)[C@@H](O)[C@H](O)[C@H]4O)[C@@H](O)[C@@H](O)[C@@H]3O)c(O)cc(O)c12. The summed E-state index contributed by atoms with van der Waals surface area (Å²) in [6, 6.07) is 7.58. The van der Waals surface area contributed by atoms with Crippen molar-refractivity contribution in [1.29, 1.82) is 0 Å². The van der Waals surface area contributed by atoms with Gasteiger partial charge in [0.1, 0.15) is 70.6 Å². The highest BCUT2D eigenvalue weighted by atomic mass is 16.7. The van der Waals surface area contributed by atoms with Gasteiger partial charge in [0.2, 0.25) is 0 Å². The van der Waals surface area contributed by atoms with E-state index < -0.39 is 84.6 Å². The fourth-order valence-corrected chi connectivity index (χ4v) is 5.41. The number of rotatable bonds is 5. The Morgan fingerprint density at radius 3 is 2.12 bits per heavy atom. The van der Waals surface area contributed by atoms with Crippen LogP contribution in [0.1, 0.15) is 17.9 Å². The number of fused-ring (bicyclic) bond motifs is 1. The van der Waals surface area contributed by atoms with Crippen LogP contribution in [0.15, 0.2) is 45.6 Å². The Labute approximate surface area is 231 Å². The molecule has 2 heterocycles. The third-order valence-electron chi connectivity index (χ3n) is 7.66. The number of aliphatic hydroxyl groups excluding tert-OH is 7. The molecular formula is C27H30O14. The molecule has 3 aromatic rings. The third-order valence-corrected chi connectivity index (χ3v) is 7.66. The number of aromatic hydroxyl groups is 3. The van der Waals surface area contributed by atoms with Crippen LogP contribution in [0.3, 0.4) is 0 Å². The van der Waals surface area contributed by atoms with Gasteiger partial charge in [0.15, 0.2) is 11.7 Å². The van der Waals surface area contributed by atoms with Crippen LogP contribution in [0.2, 0.25) is 0 Å². The molecular weight excluding hydrogens is 548 g/mol. The summed E-state index contributed by atoms with van der Waals surface area (Å²) in [7, 11) is 0. The Morgan fingerprint density at radius 2 is 1.46 bits per heavy atom. The van der Waals surface area contributed by atoms with E-state index >= 15 is 0 Å². The van der Waals surface area contributed by atoms with E-state index in [2.05, 4.69) is 0 Å². The fraction of sp³-hybridized carbons (Fsp3) is 0.444. The van der Waals surface area contributed by atoms with Crippen molar-refractivity contribution < 1.29 is 65.0 Å². The summed E-state index contributed by atoms with van der Waals surface area (Å²) in [5.41, 5.74) is -0.860. The van der Waals surface area contributed by atoms with Gasteiger partial charge in [-0.15, -0.1) is 0 Å². The lowest BCUT2D eigenvalue weighted by Crippen LogP contribution is -2.61. The number of aliphatic hydroxyl groups is 7. The van der Waals surface area contributed by atoms with Crippen molar-refractivity contribution in [2.75, 3.05) is 6.61 Å². The molecule has 2 fully saturated rings. The lowest BCUT2D eigenvalue weighted by Gasteiger charge is -2.45. The second kappa shape index (κ2) is 11.2. The standard InChI is InChI=1S/C27H30O14/c28-8-17-22(35)24(37)25(38)27(41-17)40-16-5-11(20(33)23(36)21(16)34)18-12(30)6-13(31)19-14(32)7-15(39-26(18)19)9-1-3-10(29)4-2-9/h1-4,6-7,11,16-17,20-25,27-31,33-38H,5,8H2/t11-,16+,17-,20-,21-,22-,23+,24+,25-,27+/m1/s1. The van der Waals surface area contributed by atoms with Crippen LogP contribution >= 0.6 is 0 Å². The van der Waals surface area contributed by atoms with E-state index in [-0.39, 0.29) is 34.5 Å². The molecule has 2 aliphatic rings. The number of phenolic OH excluding ortho intramolecular Hbond substituents is 3. The molecule has 2 aromatic carbocycles. The molecule has 41 heavy (non-hydrogen) atoms. The molecule has 1 aliphatic heterocycles. The first kappa shape index (κ1) is 29.2. The number of phenols is 3. The van der Waals surface area contributed by atoms with E-state index in [0.29, 0.717) is 5.56 Å². The van der Waals surface area contributed by atoms with Gasteiger partial charge >= 0.3 is 0 Å². The maximum Gasteiger partial charge on any atom is 0.197 e. The number of ether oxygens (including phenoxy) is 2. The smallest absolute Gasteiger partial charge is 0.197 e. The van der Waals surface area contributed by atoms with E-state index in [1.165, 1.54) is 24.3 Å². The number of hydrogen-bond donors (Lipinski definition) is 10. The predicted octanol–water partition coefficient (Wildman–Crippen LogP) is -1.67. The van der Waals surface area contributed by atoms with Crippen molar-refractivity contribution >= 4 is 11.0 Å². The molecule has 14 heteroatoms. The predicted molar refractivity (Wildman–Crippen MR) is 137 cm³/mol. The van der Waals surface area contributed by atoms with Gasteiger partial charge in [0.05, 0.1) is 18.8 Å². The topological polar surface area (TPSA) is 251 Å². The molecule has 0 amide bonds. The average Bonchev–Trinajstić information content (AvgIpc) is 2.94. The van der Waals surface area contributed by atoms with Crippen LogP contribution in [0.5, 0.6) is 17.2 Å². The van der Waals surface area contributed by atoms with Gasteiger partial charge in [-0.05, 0) is 30.7 Å². The molecule has 1 saturated heterocycles. The second-order valence-corrected chi connectivity index (χ2v) is 10.2. The first-order chi connectivity index (χ1) is 19.4. The Bertz CT molecular complexity index is 1450. The van der Waals surface area contributed by atoms with Crippen molar-refractivity contribution in [3.05, 3.63) is 52.2 Å². The molecule has 222 valence electrons. The minimum atomic E-state index is -1.89. The van der Waals surface area contributed by atoms with Crippen molar-refractivity contribution in [3.8, 4) is 28.6 Å². The van der Waals surface area contributed by atoms with Crippen molar-refractivity contribution in [3.63, 3.8) is 0 Å². The van der Waals surface area contributed by atoms with Crippen molar-refractivity contribution in [1.82, 2.24) is 0 Å². The number of benzene rings is 2. The second-order valence-electron chi connectivity index (χ2n) is 10.2. The normalized spacial score (nSPS) is 34.1. The summed E-state index contributed by atoms with van der Waals surface area (Å²) >= 11 is 0. The Hall–Kier alpha value is -3.31. The lowest BCUT2D eigenvalue weighted by molar-refractivity contribution is -0.324. The van der Waals surface area contributed by atoms with E-state index in [4.69, 9.17) is 13.9 Å². The Kier molecular flexibility index (Phi) is 7.95. The summed E-state index contributed by atoms with van der Waals surface area (Å²) in [4.78, 5) is 13.0. The molecule has 10 N–H and O–H groups in total. The maximum absolute atomic E-state index is 13.0. The zero-order valence-corrected chi connectivity index (χ0v) is 21.3. The van der Waals surface area contributed by atoms with Crippen LogP contribution in [-0.2, 0) is 9.47 Å². The van der Waals surface area contributed by atoms with Crippen LogP contribution in [-0.4, -0.2) is 113 Å². The molecule has 10 atom stereocenters. The molecule has 0 radical (unpaired) electrons. The quantitative estimate of drug-likeness (QED) is 0.163.